The van der Waals surface area contributed by atoms with Gasteiger partial charge in [-0.3, -0.25) is 0 Å². The monoisotopic (exact) mass is 212 g/mol. The summed E-state index contributed by atoms with van der Waals surface area (Å²) >= 11 is 0. The Morgan fingerprint density at radius 3 is 2.56 bits per heavy atom. The SMILES string of the molecule is C=CC[C@@]1(C)C(C)=NN=C1c1ccccc1. The minimum atomic E-state index is -0.0941. The van der Waals surface area contributed by atoms with E-state index >= 15 is 0 Å². The molecule has 2 heteroatoms. The Morgan fingerprint density at radius 2 is 1.94 bits per heavy atom. The second kappa shape index (κ2) is 4.05. The zero-order chi connectivity index (χ0) is 11.6. The van der Waals surface area contributed by atoms with Gasteiger partial charge in [0.1, 0.15) is 0 Å². The van der Waals surface area contributed by atoms with Crippen molar-refractivity contribution in [2.24, 2.45) is 15.6 Å². The van der Waals surface area contributed by atoms with Crippen LogP contribution >= 0.6 is 0 Å². The van der Waals surface area contributed by atoms with Gasteiger partial charge < -0.3 is 0 Å². The first-order valence-electron chi connectivity index (χ1n) is 5.48. The average molecular weight is 212 g/mol. The standard InChI is InChI=1S/C14H16N2/c1-4-10-14(3)11(2)15-16-13(14)12-8-6-5-7-9-12/h4-9H,1,10H2,2-3H3/t14-/m0/s1. The normalized spacial score (nSPS) is 23.9. The summed E-state index contributed by atoms with van der Waals surface area (Å²) in [6.45, 7) is 8.03. The molecule has 0 N–H and O–H groups in total. The Kier molecular flexibility index (Phi) is 2.73. The molecule has 0 aromatic heterocycles. The van der Waals surface area contributed by atoms with Gasteiger partial charge in [-0.2, -0.15) is 10.2 Å². The highest BCUT2D eigenvalue weighted by molar-refractivity contribution is 6.20. The highest BCUT2D eigenvalue weighted by Gasteiger charge is 2.37. The highest BCUT2D eigenvalue weighted by atomic mass is 15.2. The fourth-order valence-corrected chi connectivity index (χ4v) is 2.02. The third kappa shape index (κ3) is 1.60. The van der Waals surface area contributed by atoms with Crippen molar-refractivity contribution in [2.45, 2.75) is 20.3 Å². The fraction of sp³-hybridized carbons (Fsp3) is 0.286. The summed E-state index contributed by atoms with van der Waals surface area (Å²) in [4.78, 5) is 0. The van der Waals surface area contributed by atoms with Crippen LogP contribution in [-0.2, 0) is 0 Å². The fourth-order valence-electron chi connectivity index (χ4n) is 2.02. The molecule has 0 spiro atoms. The zero-order valence-electron chi connectivity index (χ0n) is 9.77. The maximum absolute atomic E-state index is 4.32. The minimum absolute atomic E-state index is 0.0941. The van der Waals surface area contributed by atoms with E-state index in [0.29, 0.717) is 0 Å². The van der Waals surface area contributed by atoms with Crippen LogP contribution in [0.5, 0.6) is 0 Å². The number of hydrogen-bond donors (Lipinski definition) is 0. The molecule has 16 heavy (non-hydrogen) atoms. The highest BCUT2D eigenvalue weighted by Crippen LogP contribution is 2.33. The topological polar surface area (TPSA) is 24.7 Å². The molecule has 0 amide bonds. The smallest absolute Gasteiger partial charge is 0.0821 e. The molecule has 82 valence electrons. The van der Waals surface area contributed by atoms with Crippen LogP contribution in [0.3, 0.4) is 0 Å². The molecule has 0 unspecified atom stereocenters. The average Bonchev–Trinajstić information content (AvgIpc) is 2.58. The first-order valence-corrected chi connectivity index (χ1v) is 5.48. The summed E-state index contributed by atoms with van der Waals surface area (Å²) in [5.74, 6) is 0. The first-order chi connectivity index (χ1) is 7.68. The molecule has 0 saturated carbocycles. The summed E-state index contributed by atoms with van der Waals surface area (Å²) in [6.07, 6.45) is 2.80. The molecule has 1 aliphatic heterocycles. The summed E-state index contributed by atoms with van der Waals surface area (Å²) in [7, 11) is 0. The molecule has 0 saturated heterocycles. The lowest BCUT2D eigenvalue weighted by Gasteiger charge is -2.25. The van der Waals surface area contributed by atoms with Crippen molar-refractivity contribution >= 4 is 11.4 Å². The summed E-state index contributed by atoms with van der Waals surface area (Å²) in [6, 6.07) is 10.2. The van der Waals surface area contributed by atoms with Gasteiger partial charge in [-0.15, -0.1) is 6.58 Å². The lowest BCUT2D eigenvalue weighted by atomic mass is 9.76. The van der Waals surface area contributed by atoms with E-state index in [2.05, 4.69) is 35.8 Å². The van der Waals surface area contributed by atoms with Crippen LogP contribution in [0.4, 0.5) is 0 Å². The van der Waals surface area contributed by atoms with E-state index in [-0.39, 0.29) is 5.41 Å². The van der Waals surface area contributed by atoms with Crippen molar-refractivity contribution in [3.8, 4) is 0 Å². The molecule has 1 aromatic carbocycles. The molecular weight excluding hydrogens is 196 g/mol. The van der Waals surface area contributed by atoms with Gasteiger partial charge in [0.05, 0.1) is 11.1 Å². The van der Waals surface area contributed by atoms with Crippen LogP contribution in [-0.4, -0.2) is 11.4 Å². The Bertz CT molecular complexity index is 457. The number of hydrogen-bond acceptors (Lipinski definition) is 2. The van der Waals surface area contributed by atoms with E-state index in [9.17, 15) is 0 Å². The van der Waals surface area contributed by atoms with E-state index in [1.807, 2.05) is 31.2 Å². The van der Waals surface area contributed by atoms with Gasteiger partial charge in [-0.25, -0.2) is 0 Å². The Balaban J connectivity index is 2.41. The molecule has 0 radical (unpaired) electrons. The Labute approximate surface area is 96.4 Å². The lowest BCUT2D eigenvalue weighted by molar-refractivity contribution is 0.664. The van der Waals surface area contributed by atoms with Gasteiger partial charge in [0, 0.05) is 5.71 Å². The Morgan fingerprint density at radius 1 is 1.25 bits per heavy atom. The molecule has 1 atom stereocenters. The van der Waals surface area contributed by atoms with Gasteiger partial charge in [-0.05, 0) is 25.8 Å². The molecule has 0 aliphatic carbocycles. The van der Waals surface area contributed by atoms with Crippen LogP contribution in [0.1, 0.15) is 25.8 Å². The van der Waals surface area contributed by atoms with Crippen LogP contribution in [0, 0.1) is 5.41 Å². The summed E-state index contributed by atoms with van der Waals surface area (Å²) in [5, 5.41) is 8.54. The van der Waals surface area contributed by atoms with E-state index in [0.717, 1.165) is 23.4 Å². The van der Waals surface area contributed by atoms with Crippen molar-refractivity contribution in [1.82, 2.24) is 0 Å². The quantitative estimate of drug-likeness (QED) is 0.686. The molecule has 1 heterocycles. The molecular formula is C14H16N2. The van der Waals surface area contributed by atoms with E-state index < -0.39 is 0 Å². The number of benzene rings is 1. The predicted molar refractivity (Wildman–Crippen MR) is 69.0 cm³/mol. The van der Waals surface area contributed by atoms with Crippen molar-refractivity contribution < 1.29 is 0 Å². The summed E-state index contributed by atoms with van der Waals surface area (Å²) in [5.41, 5.74) is 3.16. The number of rotatable bonds is 3. The lowest BCUT2D eigenvalue weighted by Crippen LogP contribution is -2.31. The Hall–Kier alpha value is -1.70. The van der Waals surface area contributed by atoms with Crippen LogP contribution in [0.15, 0.2) is 53.2 Å². The maximum Gasteiger partial charge on any atom is 0.0821 e. The minimum Gasteiger partial charge on any atom is -0.159 e. The van der Waals surface area contributed by atoms with Crippen molar-refractivity contribution in [1.29, 1.82) is 0 Å². The van der Waals surface area contributed by atoms with Crippen LogP contribution < -0.4 is 0 Å². The number of allylic oxidation sites excluding steroid dienone is 1. The molecule has 2 rings (SSSR count). The third-order valence-electron chi connectivity index (χ3n) is 3.22. The summed E-state index contributed by atoms with van der Waals surface area (Å²) < 4.78 is 0. The maximum atomic E-state index is 4.32. The van der Waals surface area contributed by atoms with Gasteiger partial charge in [-0.1, -0.05) is 36.4 Å². The third-order valence-corrected chi connectivity index (χ3v) is 3.22. The molecule has 1 aromatic rings. The first kappa shape index (κ1) is 10.8. The van der Waals surface area contributed by atoms with Gasteiger partial charge in [0.15, 0.2) is 0 Å². The molecule has 0 fully saturated rings. The van der Waals surface area contributed by atoms with Crippen molar-refractivity contribution in [3.63, 3.8) is 0 Å². The van der Waals surface area contributed by atoms with E-state index in [1.54, 1.807) is 0 Å². The van der Waals surface area contributed by atoms with E-state index in [4.69, 9.17) is 0 Å². The zero-order valence-corrected chi connectivity index (χ0v) is 9.77. The van der Waals surface area contributed by atoms with Crippen LogP contribution in [0.25, 0.3) is 0 Å². The van der Waals surface area contributed by atoms with Crippen molar-refractivity contribution in [3.05, 3.63) is 48.6 Å². The molecule has 1 aliphatic rings. The molecule has 0 bridgehead atoms. The van der Waals surface area contributed by atoms with Crippen LogP contribution in [0.2, 0.25) is 0 Å². The molecule has 2 nitrogen and oxygen atoms in total. The van der Waals surface area contributed by atoms with E-state index in [1.165, 1.54) is 0 Å². The predicted octanol–water partition coefficient (Wildman–Crippen LogP) is 3.45. The number of nitrogens with zero attached hydrogens (tertiary/aromatic N) is 2. The second-order valence-electron chi connectivity index (χ2n) is 4.32. The van der Waals surface area contributed by atoms with Crippen molar-refractivity contribution in [2.75, 3.05) is 0 Å². The van der Waals surface area contributed by atoms with Gasteiger partial charge >= 0.3 is 0 Å². The van der Waals surface area contributed by atoms with Gasteiger partial charge in [0.2, 0.25) is 0 Å². The second-order valence-corrected chi connectivity index (χ2v) is 4.32. The van der Waals surface area contributed by atoms with Gasteiger partial charge in [0.25, 0.3) is 0 Å². The largest absolute Gasteiger partial charge is 0.159 e.